The number of rotatable bonds is 1. The second kappa shape index (κ2) is 5.59. The highest BCUT2D eigenvalue weighted by Crippen LogP contribution is 2.46. The van der Waals surface area contributed by atoms with Crippen LogP contribution in [-0.4, -0.2) is 6.04 Å². The molecular weight excluding hydrogens is 334 g/mol. The van der Waals surface area contributed by atoms with Gasteiger partial charge in [-0.15, -0.1) is 11.3 Å². The van der Waals surface area contributed by atoms with Crippen LogP contribution in [0.25, 0.3) is 16.2 Å². The topological polar surface area (TPSA) is 3.24 Å². The molecule has 128 valence electrons. The third kappa shape index (κ3) is 2.02. The molecule has 1 nitrogen and oxygen atoms in total. The van der Waals surface area contributed by atoms with Crippen LogP contribution in [0.5, 0.6) is 0 Å². The fourth-order valence-corrected chi connectivity index (χ4v) is 6.15. The van der Waals surface area contributed by atoms with Gasteiger partial charge in [-0.2, -0.15) is 0 Å². The number of hydrogen-bond acceptors (Lipinski definition) is 2. The smallest absolute Gasteiger partial charge is 0.0626 e. The molecule has 1 aliphatic heterocycles. The van der Waals surface area contributed by atoms with Crippen LogP contribution in [-0.2, 0) is 6.42 Å². The minimum absolute atomic E-state index is 0.430. The molecule has 4 aliphatic rings. The van der Waals surface area contributed by atoms with E-state index in [2.05, 4.69) is 71.7 Å². The molecule has 0 bridgehead atoms. The maximum absolute atomic E-state index is 2.62. The molecule has 1 aromatic heterocycles. The summed E-state index contributed by atoms with van der Waals surface area (Å²) in [5.74, 6) is 0.501. The largest absolute Gasteiger partial charge is 0.337 e. The number of hydrogen-bond donors (Lipinski definition) is 0. The fourth-order valence-electron chi connectivity index (χ4n) is 4.99. The van der Waals surface area contributed by atoms with Gasteiger partial charge in [0.2, 0.25) is 0 Å². The van der Waals surface area contributed by atoms with Crippen molar-refractivity contribution >= 4 is 33.2 Å². The van der Waals surface area contributed by atoms with Gasteiger partial charge in [0.1, 0.15) is 0 Å². The van der Waals surface area contributed by atoms with Gasteiger partial charge in [-0.1, -0.05) is 42.5 Å². The van der Waals surface area contributed by atoms with Crippen molar-refractivity contribution in [1.82, 2.24) is 0 Å². The summed E-state index contributed by atoms with van der Waals surface area (Å²) in [7, 11) is 0. The molecule has 26 heavy (non-hydrogen) atoms. The van der Waals surface area contributed by atoms with Gasteiger partial charge in [0.15, 0.2) is 0 Å². The molecule has 0 saturated heterocycles. The first-order chi connectivity index (χ1) is 12.9. The highest BCUT2D eigenvalue weighted by atomic mass is 32.1. The molecule has 0 amide bonds. The standard InChI is InChI=1S/C24H21NS/c1-4-10-21-17(7-1)18-8-2-5-11-22(18)25(21)16-13-14-24-20(15-16)19-9-3-6-12-23(19)26-24/h1-2,4,6-8,10,12-15,17,21H,3,5,9,11H2. The van der Waals surface area contributed by atoms with Gasteiger partial charge in [0, 0.05) is 26.9 Å². The molecule has 0 fully saturated rings. The second-order valence-corrected chi connectivity index (χ2v) is 8.65. The van der Waals surface area contributed by atoms with Crippen molar-refractivity contribution in [2.24, 2.45) is 5.92 Å². The Bertz CT molecular complexity index is 1060. The lowest BCUT2D eigenvalue weighted by atomic mass is 9.88. The Morgan fingerprint density at radius 2 is 1.85 bits per heavy atom. The van der Waals surface area contributed by atoms with Crippen LogP contribution >= 0.6 is 11.3 Å². The van der Waals surface area contributed by atoms with E-state index in [1.807, 2.05) is 11.3 Å². The summed E-state index contributed by atoms with van der Waals surface area (Å²) < 4.78 is 1.43. The van der Waals surface area contributed by atoms with Crippen LogP contribution in [0.1, 0.15) is 29.7 Å². The Morgan fingerprint density at radius 3 is 2.85 bits per heavy atom. The molecule has 0 spiro atoms. The van der Waals surface area contributed by atoms with Crippen LogP contribution in [0.15, 0.2) is 72.0 Å². The Morgan fingerprint density at radius 1 is 0.962 bits per heavy atom. The van der Waals surface area contributed by atoms with Gasteiger partial charge in [0.05, 0.1) is 6.04 Å². The van der Waals surface area contributed by atoms with E-state index in [0.29, 0.717) is 12.0 Å². The minimum Gasteiger partial charge on any atom is -0.337 e. The summed E-state index contributed by atoms with van der Waals surface area (Å²) in [6.07, 6.45) is 23.2. The zero-order chi connectivity index (χ0) is 17.1. The Kier molecular flexibility index (Phi) is 3.18. The second-order valence-electron chi connectivity index (χ2n) is 7.57. The summed E-state index contributed by atoms with van der Waals surface area (Å²) in [6, 6.07) is 7.57. The molecule has 2 heterocycles. The number of aryl methyl sites for hydroxylation is 1. The molecule has 3 aliphatic carbocycles. The van der Waals surface area contributed by atoms with Crippen molar-refractivity contribution in [3.8, 4) is 0 Å². The SMILES string of the molecule is C1=CC2C3=C(CCC=C3)N(c3ccc4sc5c(c4c3)CCC=C5)C2C=C1. The number of anilines is 1. The predicted octanol–water partition coefficient (Wildman–Crippen LogP) is 6.40. The summed E-state index contributed by atoms with van der Waals surface area (Å²) in [4.78, 5) is 4.08. The molecule has 0 radical (unpaired) electrons. The Hall–Kier alpha value is -2.32. The number of thiophene rings is 1. The summed E-state index contributed by atoms with van der Waals surface area (Å²) >= 11 is 1.94. The third-order valence-electron chi connectivity index (χ3n) is 6.15. The van der Waals surface area contributed by atoms with E-state index in [1.165, 1.54) is 44.8 Å². The van der Waals surface area contributed by atoms with Gasteiger partial charge in [0.25, 0.3) is 0 Å². The van der Waals surface area contributed by atoms with Crippen LogP contribution in [0.2, 0.25) is 0 Å². The number of nitrogens with zero attached hydrogens (tertiary/aromatic N) is 1. The van der Waals surface area contributed by atoms with Gasteiger partial charge in [-0.3, -0.25) is 0 Å². The van der Waals surface area contributed by atoms with Crippen molar-refractivity contribution in [3.63, 3.8) is 0 Å². The first-order valence-corrected chi connectivity index (χ1v) is 10.5. The highest BCUT2D eigenvalue weighted by molar-refractivity contribution is 7.20. The average molecular weight is 356 g/mol. The molecule has 2 atom stereocenters. The normalized spacial score (nSPS) is 25.8. The van der Waals surface area contributed by atoms with Crippen molar-refractivity contribution in [1.29, 1.82) is 0 Å². The lowest BCUT2D eigenvalue weighted by molar-refractivity contribution is 0.681. The third-order valence-corrected chi connectivity index (χ3v) is 7.32. The highest BCUT2D eigenvalue weighted by Gasteiger charge is 2.38. The van der Waals surface area contributed by atoms with Gasteiger partial charge in [-0.25, -0.2) is 0 Å². The average Bonchev–Trinajstić information content (AvgIpc) is 3.23. The number of benzene rings is 1. The lowest BCUT2D eigenvalue weighted by Crippen LogP contribution is -2.32. The van der Waals surface area contributed by atoms with E-state index in [4.69, 9.17) is 0 Å². The van der Waals surface area contributed by atoms with Crippen LogP contribution < -0.4 is 4.90 Å². The monoisotopic (exact) mass is 355 g/mol. The lowest BCUT2D eigenvalue weighted by Gasteiger charge is -2.31. The molecule has 2 aromatic rings. The number of allylic oxidation sites excluding steroid dienone is 6. The van der Waals surface area contributed by atoms with Gasteiger partial charge >= 0.3 is 0 Å². The first-order valence-electron chi connectivity index (χ1n) is 9.66. The molecule has 6 rings (SSSR count). The fraction of sp³-hybridized carbons (Fsp3) is 0.250. The van der Waals surface area contributed by atoms with Crippen LogP contribution in [0, 0.1) is 5.92 Å². The van der Waals surface area contributed by atoms with E-state index >= 15 is 0 Å². The van der Waals surface area contributed by atoms with Gasteiger partial charge < -0.3 is 4.90 Å². The molecule has 2 unspecified atom stereocenters. The van der Waals surface area contributed by atoms with Crippen LogP contribution in [0.4, 0.5) is 5.69 Å². The molecule has 0 N–H and O–H groups in total. The van der Waals surface area contributed by atoms with Gasteiger partial charge in [-0.05, 0) is 66.5 Å². The maximum atomic E-state index is 2.62. The summed E-state index contributed by atoms with van der Waals surface area (Å²) in [5, 5.41) is 1.47. The van der Waals surface area contributed by atoms with E-state index in [0.717, 1.165) is 12.8 Å². The molecular formula is C24H21NS. The first kappa shape index (κ1) is 14.8. The maximum Gasteiger partial charge on any atom is 0.0626 e. The van der Waals surface area contributed by atoms with E-state index in [1.54, 1.807) is 5.56 Å². The van der Waals surface area contributed by atoms with E-state index in [-0.39, 0.29) is 0 Å². The molecule has 0 saturated carbocycles. The zero-order valence-corrected chi connectivity index (χ0v) is 15.5. The summed E-state index contributed by atoms with van der Waals surface area (Å²) in [5.41, 5.74) is 5.98. The predicted molar refractivity (Wildman–Crippen MR) is 113 cm³/mol. The van der Waals surface area contributed by atoms with Crippen molar-refractivity contribution in [2.75, 3.05) is 4.90 Å². The Labute approximate surface area is 158 Å². The van der Waals surface area contributed by atoms with E-state index < -0.39 is 0 Å². The Balaban J connectivity index is 1.52. The molecule has 2 heteroatoms. The zero-order valence-electron chi connectivity index (χ0n) is 14.7. The van der Waals surface area contributed by atoms with Crippen molar-refractivity contribution < 1.29 is 0 Å². The minimum atomic E-state index is 0.430. The van der Waals surface area contributed by atoms with Crippen molar-refractivity contribution in [3.05, 3.63) is 82.4 Å². The van der Waals surface area contributed by atoms with Crippen LogP contribution in [0.3, 0.4) is 0 Å². The van der Waals surface area contributed by atoms with Crippen molar-refractivity contribution in [2.45, 2.75) is 31.7 Å². The van der Waals surface area contributed by atoms with E-state index in [9.17, 15) is 0 Å². The molecule has 1 aromatic carbocycles. The summed E-state index contributed by atoms with van der Waals surface area (Å²) in [6.45, 7) is 0. The number of fused-ring (bicyclic) bond motifs is 5. The quantitative estimate of drug-likeness (QED) is 0.572.